The molecule has 2 aliphatic rings. The average Bonchev–Trinajstić information content (AvgIpc) is 4.14. The van der Waals surface area contributed by atoms with Gasteiger partial charge in [0.15, 0.2) is 0 Å². The number of fused-ring (bicyclic) bond motifs is 6. The van der Waals surface area contributed by atoms with E-state index in [4.69, 9.17) is 42.6 Å². The van der Waals surface area contributed by atoms with Crippen LogP contribution in [0.4, 0.5) is 0 Å². The monoisotopic (exact) mass is 1060 g/mol. The molecular formula is C60H64Cl2N10O4. The number of ether oxygens (including phenoxy) is 2. The van der Waals surface area contributed by atoms with Crippen molar-refractivity contribution in [1.29, 1.82) is 0 Å². The van der Waals surface area contributed by atoms with E-state index < -0.39 is 11.2 Å². The van der Waals surface area contributed by atoms with Crippen LogP contribution in [0.15, 0.2) is 109 Å². The first kappa shape index (κ1) is 51.6. The van der Waals surface area contributed by atoms with Gasteiger partial charge in [-0.3, -0.25) is 9.97 Å². The Balaban J connectivity index is 0.000000162. The van der Waals surface area contributed by atoms with Crippen molar-refractivity contribution in [3.05, 3.63) is 153 Å². The second-order valence-electron chi connectivity index (χ2n) is 21.6. The Kier molecular flexibility index (Phi) is 13.9. The Labute approximate surface area is 452 Å². The van der Waals surface area contributed by atoms with E-state index in [1.807, 2.05) is 104 Å². The van der Waals surface area contributed by atoms with Gasteiger partial charge in [-0.1, -0.05) is 94.3 Å². The van der Waals surface area contributed by atoms with Gasteiger partial charge in [-0.05, 0) is 138 Å². The highest BCUT2D eigenvalue weighted by Crippen LogP contribution is 2.46. The van der Waals surface area contributed by atoms with Crippen molar-refractivity contribution >= 4 is 67.1 Å². The molecule has 0 amide bonds. The molecular weight excluding hydrogens is 996 g/mol. The average molecular weight is 1060 g/mol. The molecule has 16 heteroatoms. The molecule has 0 aliphatic carbocycles. The van der Waals surface area contributed by atoms with Crippen molar-refractivity contribution in [2.24, 2.45) is 25.9 Å². The van der Waals surface area contributed by atoms with E-state index >= 15 is 0 Å². The molecule has 2 unspecified atom stereocenters. The van der Waals surface area contributed by atoms with Crippen LogP contribution < -0.4 is 0 Å². The lowest BCUT2D eigenvalue weighted by Crippen LogP contribution is -2.27. The molecule has 0 spiro atoms. The molecule has 0 bridgehead atoms. The Hall–Kier alpha value is -6.52. The van der Waals surface area contributed by atoms with Gasteiger partial charge in [0.05, 0.1) is 79.2 Å². The highest BCUT2D eigenvalue weighted by Gasteiger charge is 2.34. The van der Waals surface area contributed by atoms with Gasteiger partial charge in [0, 0.05) is 84.9 Å². The van der Waals surface area contributed by atoms with Gasteiger partial charge in [0.1, 0.15) is 0 Å². The maximum atomic E-state index is 10.9. The number of nitrogens with zero attached hydrogens (tertiary/aromatic N) is 10. The Bertz CT molecular complexity index is 3490. The second-order valence-corrected chi connectivity index (χ2v) is 22.4. The molecule has 2 atom stereocenters. The third-order valence-electron chi connectivity index (χ3n) is 15.7. The Morgan fingerprint density at radius 1 is 0.539 bits per heavy atom. The van der Waals surface area contributed by atoms with Crippen LogP contribution in [0, 0.1) is 25.7 Å². The fourth-order valence-electron chi connectivity index (χ4n) is 11.8. The third-order valence-corrected chi connectivity index (χ3v) is 16.3. The SMILES string of the molecule is Cc1nnn(C)c1-c1cnc2c3ccc(C(C)(C)O)cc3n(C(c3ccccc3Cl)C3CCOCC3)c2c1.Cc1nnn(C)c1-c1cnc2c3ccc(C(C)(C)O)cc3n(C(c3ccccc3Cl)C3CCOCC3)c2c1. The van der Waals surface area contributed by atoms with Gasteiger partial charge >= 0.3 is 0 Å². The lowest BCUT2D eigenvalue weighted by Gasteiger charge is -2.33. The van der Waals surface area contributed by atoms with Crippen molar-refractivity contribution in [2.75, 3.05) is 26.4 Å². The summed E-state index contributed by atoms with van der Waals surface area (Å²) in [5.41, 5.74) is 13.3. The van der Waals surface area contributed by atoms with Gasteiger partial charge in [0.25, 0.3) is 0 Å². The number of pyridine rings is 2. The van der Waals surface area contributed by atoms with E-state index in [0.29, 0.717) is 11.8 Å². The number of benzene rings is 4. The molecule has 2 fully saturated rings. The summed E-state index contributed by atoms with van der Waals surface area (Å²) in [6, 6.07) is 32.9. The van der Waals surface area contributed by atoms with Crippen molar-refractivity contribution in [2.45, 2.75) is 90.5 Å². The highest BCUT2D eigenvalue weighted by molar-refractivity contribution is 6.31. The molecule has 0 saturated carbocycles. The van der Waals surface area contributed by atoms with Gasteiger partial charge in [0.2, 0.25) is 0 Å². The maximum Gasteiger partial charge on any atom is 0.0960 e. The van der Waals surface area contributed by atoms with Gasteiger partial charge in [-0.15, -0.1) is 10.2 Å². The van der Waals surface area contributed by atoms with Gasteiger partial charge in [-0.25, -0.2) is 9.36 Å². The van der Waals surface area contributed by atoms with Crippen LogP contribution in [0.2, 0.25) is 10.0 Å². The first-order valence-electron chi connectivity index (χ1n) is 26.2. The standard InChI is InChI=1S/2C30H32ClN5O2/c2*1-18-28(35(4)34-33-18)20-15-26-27(32-17-20)23-10-9-21(30(2,3)37)16-25(23)36(26)29(19-11-13-38-14-12-19)22-7-5-6-8-24(22)31/h2*5-10,15-17,19,29,37H,11-14H2,1-4H3. The molecule has 4 aromatic carbocycles. The lowest BCUT2D eigenvalue weighted by molar-refractivity contribution is 0.0552. The molecule has 0 radical (unpaired) electrons. The summed E-state index contributed by atoms with van der Waals surface area (Å²) in [6.07, 6.45) is 7.53. The quantitative estimate of drug-likeness (QED) is 0.135. The summed E-state index contributed by atoms with van der Waals surface area (Å²) in [5.74, 6) is 0.633. The maximum absolute atomic E-state index is 10.9. The van der Waals surface area contributed by atoms with Crippen LogP contribution in [0.5, 0.6) is 0 Å². The zero-order valence-electron chi connectivity index (χ0n) is 44.3. The predicted octanol–water partition coefficient (Wildman–Crippen LogP) is 12.4. The molecule has 14 nitrogen and oxygen atoms in total. The molecule has 10 aromatic rings. The van der Waals surface area contributed by atoms with Crippen LogP contribution in [0.25, 0.3) is 66.4 Å². The molecule has 2 aliphatic heterocycles. The summed E-state index contributed by atoms with van der Waals surface area (Å²) < 4.78 is 19.9. The van der Waals surface area contributed by atoms with Crippen LogP contribution in [0.3, 0.4) is 0 Å². The smallest absolute Gasteiger partial charge is 0.0960 e. The van der Waals surface area contributed by atoms with E-state index in [9.17, 15) is 10.2 Å². The first-order chi connectivity index (χ1) is 36.5. The minimum Gasteiger partial charge on any atom is -0.386 e. The molecule has 12 rings (SSSR count). The summed E-state index contributed by atoms with van der Waals surface area (Å²) >= 11 is 13.8. The van der Waals surface area contributed by atoms with Crippen molar-refractivity contribution < 1.29 is 19.7 Å². The van der Waals surface area contributed by atoms with Crippen LogP contribution in [-0.2, 0) is 34.8 Å². The van der Waals surface area contributed by atoms with Crippen molar-refractivity contribution in [3.8, 4) is 22.5 Å². The topological polar surface area (TPSA) is 156 Å². The van der Waals surface area contributed by atoms with E-state index in [2.05, 4.69) is 90.4 Å². The summed E-state index contributed by atoms with van der Waals surface area (Å²) in [5, 5.41) is 42.4. The Morgan fingerprint density at radius 2 is 0.921 bits per heavy atom. The highest BCUT2D eigenvalue weighted by atomic mass is 35.5. The predicted molar refractivity (Wildman–Crippen MR) is 301 cm³/mol. The van der Waals surface area contributed by atoms with Crippen molar-refractivity contribution in [3.63, 3.8) is 0 Å². The number of aliphatic hydroxyl groups is 2. The van der Waals surface area contributed by atoms with E-state index in [1.54, 1.807) is 9.36 Å². The largest absolute Gasteiger partial charge is 0.386 e. The van der Waals surface area contributed by atoms with E-state index in [1.165, 1.54) is 0 Å². The minimum absolute atomic E-state index is 0.0348. The molecule has 6 aromatic heterocycles. The zero-order chi connectivity index (χ0) is 53.2. The number of hydrogen-bond donors (Lipinski definition) is 2. The van der Waals surface area contributed by atoms with E-state index in [-0.39, 0.29) is 12.1 Å². The first-order valence-corrected chi connectivity index (χ1v) is 26.9. The minimum atomic E-state index is -0.982. The van der Waals surface area contributed by atoms with Gasteiger partial charge < -0.3 is 28.8 Å². The van der Waals surface area contributed by atoms with Crippen molar-refractivity contribution in [1.82, 2.24) is 49.1 Å². The summed E-state index contributed by atoms with van der Waals surface area (Å²) in [4.78, 5) is 9.99. The van der Waals surface area contributed by atoms with Crippen LogP contribution in [-0.4, -0.2) is 85.7 Å². The summed E-state index contributed by atoms with van der Waals surface area (Å²) in [7, 11) is 3.80. The lowest BCUT2D eigenvalue weighted by atomic mass is 9.86. The molecule has 2 N–H and O–H groups in total. The number of hydrogen-bond acceptors (Lipinski definition) is 10. The molecule has 2 saturated heterocycles. The van der Waals surface area contributed by atoms with Gasteiger partial charge in [-0.2, -0.15) is 0 Å². The number of halogens is 2. The fourth-order valence-corrected chi connectivity index (χ4v) is 12.3. The van der Waals surface area contributed by atoms with E-state index in [0.717, 1.165) is 162 Å². The summed E-state index contributed by atoms with van der Waals surface area (Å²) in [6.45, 7) is 14.1. The number of aromatic nitrogens is 10. The van der Waals surface area contributed by atoms with Crippen LogP contribution in [0.1, 0.15) is 99.1 Å². The number of rotatable bonds is 10. The molecule has 76 heavy (non-hydrogen) atoms. The van der Waals surface area contributed by atoms with Crippen LogP contribution >= 0.6 is 23.2 Å². The zero-order valence-corrected chi connectivity index (χ0v) is 45.8. The number of aryl methyl sites for hydroxylation is 4. The second kappa shape index (κ2) is 20.5. The fraction of sp³-hybridized carbons (Fsp3) is 0.367. The molecule has 8 heterocycles. The third kappa shape index (κ3) is 9.47. The molecule has 392 valence electrons. The Morgan fingerprint density at radius 3 is 1.26 bits per heavy atom. The normalized spacial score (nSPS) is 15.9.